The Balaban J connectivity index is 1.53. The van der Waals surface area contributed by atoms with Crippen LogP contribution >= 0.6 is 0 Å². The molecule has 3 heterocycles. The number of pyridine rings is 1. The number of hydrogen-bond acceptors (Lipinski definition) is 6. The molecule has 4 rings (SSSR count). The molecule has 1 amide bonds. The quantitative estimate of drug-likeness (QED) is 0.713. The Morgan fingerprint density at radius 1 is 1.26 bits per heavy atom. The van der Waals surface area contributed by atoms with Gasteiger partial charge in [0.15, 0.2) is 0 Å². The van der Waals surface area contributed by atoms with E-state index in [2.05, 4.69) is 27.0 Å². The van der Waals surface area contributed by atoms with E-state index in [1.807, 2.05) is 0 Å². The van der Waals surface area contributed by atoms with Crippen molar-refractivity contribution in [3.8, 4) is 0 Å². The van der Waals surface area contributed by atoms with Crippen LogP contribution in [0.3, 0.4) is 0 Å². The van der Waals surface area contributed by atoms with Crippen LogP contribution in [0.1, 0.15) is 49.4 Å². The third-order valence-corrected chi connectivity index (χ3v) is 7.35. The highest BCUT2D eigenvalue weighted by molar-refractivity contribution is 5.87. The van der Waals surface area contributed by atoms with Gasteiger partial charge in [-0.1, -0.05) is 6.92 Å². The van der Waals surface area contributed by atoms with Crippen molar-refractivity contribution in [1.82, 2.24) is 15.2 Å². The summed E-state index contributed by atoms with van der Waals surface area (Å²) in [5, 5.41) is 12.3. The third-order valence-electron chi connectivity index (χ3n) is 7.35. The molecule has 0 unspecified atom stereocenters. The molecule has 1 aromatic rings. The Hall–Kier alpha value is -2.19. The van der Waals surface area contributed by atoms with E-state index in [4.69, 9.17) is 9.84 Å². The van der Waals surface area contributed by atoms with Crippen molar-refractivity contribution in [3.63, 3.8) is 0 Å². The normalized spacial score (nSPS) is 29.3. The zero-order chi connectivity index (χ0) is 21.8. The molecule has 0 bridgehead atoms. The highest BCUT2D eigenvalue weighted by Gasteiger charge is 2.52. The molecule has 1 saturated carbocycles. The van der Waals surface area contributed by atoms with Gasteiger partial charge < -0.3 is 20.1 Å². The van der Waals surface area contributed by atoms with E-state index in [1.165, 1.54) is 6.20 Å². The van der Waals surface area contributed by atoms with Crippen molar-refractivity contribution in [3.05, 3.63) is 23.9 Å². The van der Waals surface area contributed by atoms with Gasteiger partial charge >= 0.3 is 5.97 Å². The Kier molecular flexibility index (Phi) is 6.77. The molecule has 170 valence electrons. The lowest BCUT2D eigenvalue weighted by atomic mass is 9.61. The van der Waals surface area contributed by atoms with E-state index in [-0.39, 0.29) is 11.5 Å². The van der Waals surface area contributed by atoms with Gasteiger partial charge in [-0.25, -0.2) is 9.78 Å². The number of hydrogen-bond donors (Lipinski definition) is 2. The Bertz CT molecular complexity index is 780. The van der Waals surface area contributed by atoms with Gasteiger partial charge in [0.25, 0.3) is 0 Å². The first kappa shape index (κ1) is 22.0. The fraction of sp³-hybridized carbons (Fsp3) is 0.696. The van der Waals surface area contributed by atoms with Crippen LogP contribution in [0, 0.1) is 11.3 Å². The van der Waals surface area contributed by atoms with E-state index in [0.29, 0.717) is 25.0 Å². The van der Waals surface area contributed by atoms with Crippen LogP contribution in [-0.2, 0) is 9.53 Å². The van der Waals surface area contributed by atoms with Crippen molar-refractivity contribution in [2.75, 3.05) is 50.8 Å². The van der Waals surface area contributed by atoms with Crippen LogP contribution < -0.4 is 10.2 Å². The number of ether oxygens (including phenoxy) is 1. The monoisotopic (exact) mass is 430 g/mol. The molecule has 3 fully saturated rings. The fourth-order valence-corrected chi connectivity index (χ4v) is 5.59. The van der Waals surface area contributed by atoms with Gasteiger partial charge in [-0.05, 0) is 50.2 Å². The van der Waals surface area contributed by atoms with Gasteiger partial charge in [-0.2, -0.15) is 0 Å². The number of anilines is 1. The first-order valence-electron chi connectivity index (χ1n) is 11.6. The van der Waals surface area contributed by atoms with Gasteiger partial charge in [0, 0.05) is 45.0 Å². The fourth-order valence-electron chi connectivity index (χ4n) is 5.59. The van der Waals surface area contributed by atoms with Crippen LogP contribution in [0.15, 0.2) is 18.3 Å². The second-order valence-corrected chi connectivity index (χ2v) is 9.11. The number of carboxylic acids is 1. The van der Waals surface area contributed by atoms with E-state index in [0.717, 1.165) is 70.8 Å². The average Bonchev–Trinajstić information content (AvgIpc) is 2.82. The molecule has 1 aliphatic carbocycles. The first-order valence-corrected chi connectivity index (χ1v) is 11.6. The van der Waals surface area contributed by atoms with Crippen LogP contribution in [0.2, 0.25) is 0 Å². The third kappa shape index (κ3) is 4.55. The summed E-state index contributed by atoms with van der Waals surface area (Å²) in [4.78, 5) is 33.7. The van der Waals surface area contributed by atoms with Crippen molar-refractivity contribution in [2.45, 2.75) is 45.1 Å². The van der Waals surface area contributed by atoms with Crippen molar-refractivity contribution in [1.29, 1.82) is 0 Å². The predicted octanol–water partition coefficient (Wildman–Crippen LogP) is 2.00. The maximum atomic E-state index is 13.4. The van der Waals surface area contributed by atoms with Crippen LogP contribution in [-0.4, -0.2) is 78.8 Å². The van der Waals surface area contributed by atoms with Gasteiger partial charge in [0.2, 0.25) is 5.91 Å². The number of carbonyl (C=O) groups excluding carboxylic acids is 1. The Labute approximate surface area is 184 Å². The molecule has 2 aliphatic heterocycles. The molecule has 3 atom stereocenters. The molecule has 1 aromatic heterocycles. The van der Waals surface area contributed by atoms with Gasteiger partial charge in [-0.15, -0.1) is 0 Å². The van der Waals surface area contributed by atoms with E-state index in [9.17, 15) is 9.59 Å². The number of morpholine rings is 1. The highest BCUT2D eigenvalue weighted by Crippen LogP contribution is 2.48. The predicted molar refractivity (Wildman–Crippen MR) is 117 cm³/mol. The molecule has 2 N–H and O–H groups in total. The maximum absolute atomic E-state index is 13.4. The number of amides is 1. The number of rotatable bonds is 6. The second kappa shape index (κ2) is 9.53. The number of nitrogens with one attached hydrogen (secondary N) is 1. The SMILES string of the molecule is CCCNC(=O)[C@@]12CC[C@@H](N3CCOCC3)C[C@H]1CCN(c1ccc(C(=O)O)cn1)C2. The highest BCUT2D eigenvalue weighted by atomic mass is 16.5. The van der Waals surface area contributed by atoms with Crippen LogP contribution in [0.5, 0.6) is 0 Å². The minimum Gasteiger partial charge on any atom is -0.478 e. The summed E-state index contributed by atoms with van der Waals surface area (Å²) < 4.78 is 5.53. The number of aromatic carboxylic acids is 1. The lowest BCUT2D eigenvalue weighted by molar-refractivity contribution is -0.139. The van der Waals surface area contributed by atoms with E-state index < -0.39 is 11.4 Å². The molecule has 0 spiro atoms. The van der Waals surface area contributed by atoms with Crippen molar-refractivity contribution >= 4 is 17.7 Å². The number of fused-ring (bicyclic) bond motifs is 1. The summed E-state index contributed by atoms with van der Waals surface area (Å²) in [6.45, 7) is 7.82. The van der Waals surface area contributed by atoms with Crippen molar-refractivity contribution in [2.24, 2.45) is 11.3 Å². The molecule has 3 aliphatic rings. The minimum atomic E-state index is -0.977. The van der Waals surface area contributed by atoms with Gasteiger partial charge in [-0.3, -0.25) is 9.69 Å². The largest absolute Gasteiger partial charge is 0.478 e. The molecular formula is C23H34N4O4. The summed E-state index contributed by atoms with van der Waals surface area (Å²) in [5.41, 5.74) is -0.233. The first-order chi connectivity index (χ1) is 15.0. The van der Waals surface area contributed by atoms with E-state index >= 15 is 0 Å². The number of aromatic nitrogens is 1. The molecule has 0 aromatic carbocycles. The van der Waals surface area contributed by atoms with E-state index in [1.54, 1.807) is 12.1 Å². The molecule has 2 saturated heterocycles. The minimum absolute atomic E-state index is 0.173. The Morgan fingerprint density at radius 3 is 2.74 bits per heavy atom. The number of nitrogens with zero attached hydrogens (tertiary/aromatic N) is 3. The molecule has 31 heavy (non-hydrogen) atoms. The standard InChI is InChI=1S/C23H34N4O4/c1-2-8-24-22(30)23-7-5-19(26-10-12-31-13-11-26)14-18(23)6-9-27(16-23)20-4-3-17(15-25-20)21(28)29/h3-4,15,18-19H,2,5-14,16H2,1H3,(H,24,30)(H,28,29)/t18-,19-,23-/m1/s1. The summed E-state index contributed by atoms with van der Waals surface area (Å²) in [7, 11) is 0. The van der Waals surface area contributed by atoms with Crippen molar-refractivity contribution < 1.29 is 19.4 Å². The topological polar surface area (TPSA) is 95.0 Å². The summed E-state index contributed by atoms with van der Waals surface area (Å²) in [5.74, 6) is 0.295. The number of carboxylic acid groups (broad SMARTS) is 1. The van der Waals surface area contributed by atoms with Crippen LogP contribution in [0.4, 0.5) is 5.82 Å². The number of piperidine rings is 1. The lowest BCUT2D eigenvalue weighted by Crippen LogP contribution is -2.61. The zero-order valence-corrected chi connectivity index (χ0v) is 18.4. The van der Waals surface area contributed by atoms with Gasteiger partial charge in [0.05, 0.1) is 24.2 Å². The molecule has 8 heteroatoms. The zero-order valence-electron chi connectivity index (χ0n) is 18.4. The summed E-state index contributed by atoms with van der Waals surface area (Å²) >= 11 is 0. The summed E-state index contributed by atoms with van der Waals surface area (Å²) in [6, 6.07) is 3.89. The summed E-state index contributed by atoms with van der Waals surface area (Å²) in [6.07, 6.45) is 6.23. The maximum Gasteiger partial charge on any atom is 0.337 e. The molecular weight excluding hydrogens is 396 g/mol. The lowest BCUT2D eigenvalue weighted by Gasteiger charge is -2.53. The number of carbonyl (C=O) groups is 2. The average molecular weight is 431 g/mol. The molecule has 8 nitrogen and oxygen atoms in total. The second-order valence-electron chi connectivity index (χ2n) is 9.11. The smallest absolute Gasteiger partial charge is 0.337 e. The van der Waals surface area contributed by atoms with Crippen LogP contribution in [0.25, 0.3) is 0 Å². The Morgan fingerprint density at radius 2 is 2.06 bits per heavy atom. The van der Waals surface area contributed by atoms with Gasteiger partial charge in [0.1, 0.15) is 5.82 Å². The molecule has 0 radical (unpaired) electrons.